The molecule has 19 heavy (non-hydrogen) atoms. The molecule has 1 aromatic rings. The number of anilines is 1. The zero-order chi connectivity index (χ0) is 14.0. The molecule has 0 fully saturated rings. The highest BCUT2D eigenvalue weighted by Crippen LogP contribution is 2.36. The van der Waals surface area contributed by atoms with Crippen LogP contribution in [0.15, 0.2) is 18.2 Å². The van der Waals surface area contributed by atoms with E-state index in [0.29, 0.717) is 17.2 Å². The second kappa shape index (κ2) is 4.99. The van der Waals surface area contributed by atoms with Crippen LogP contribution in [-0.4, -0.2) is 32.3 Å². The van der Waals surface area contributed by atoms with Crippen LogP contribution >= 0.6 is 0 Å². The standard InChI is InChI=1S/C12H12F3NO3/c1-18-8-2-3-10-9(6-8)16(4-5-19-10)11(17)7-12(13,14)15/h2-3,6H,4-5,7H2,1H3. The highest BCUT2D eigenvalue weighted by molar-refractivity contribution is 5.95. The van der Waals surface area contributed by atoms with Gasteiger partial charge in [-0.3, -0.25) is 4.79 Å². The van der Waals surface area contributed by atoms with E-state index in [-0.39, 0.29) is 13.2 Å². The number of methoxy groups -OCH3 is 1. The van der Waals surface area contributed by atoms with Crippen LogP contribution in [0.4, 0.5) is 18.9 Å². The van der Waals surface area contributed by atoms with Crippen LogP contribution in [0.2, 0.25) is 0 Å². The van der Waals surface area contributed by atoms with Crippen molar-refractivity contribution < 1.29 is 27.4 Å². The Morgan fingerprint density at radius 3 is 2.84 bits per heavy atom. The van der Waals surface area contributed by atoms with Gasteiger partial charge in [0.25, 0.3) is 0 Å². The predicted octanol–water partition coefficient (Wildman–Crippen LogP) is 2.37. The zero-order valence-electron chi connectivity index (χ0n) is 10.2. The van der Waals surface area contributed by atoms with Gasteiger partial charge in [-0.2, -0.15) is 13.2 Å². The third kappa shape index (κ3) is 3.10. The van der Waals surface area contributed by atoms with Gasteiger partial charge in [0.1, 0.15) is 24.5 Å². The minimum Gasteiger partial charge on any atom is -0.497 e. The second-order valence-electron chi connectivity index (χ2n) is 4.02. The molecular weight excluding hydrogens is 263 g/mol. The van der Waals surface area contributed by atoms with E-state index in [4.69, 9.17) is 9.47 Å². The number of amides is 1. The van der Waals surface area contributed by atoms with Crippen molar-refractivity contribution in [3.8, 4) is 11.5 Å². The summed E-state index contributed by atoms with van der Waals surface area (Å²) in [6, 6.07) is 4.68. The number of hydrogen-bond acceptors (Lipinski definition) is 3. The molecule has 1 heterocycles. The van der Waals surface area contributed by atoms with Gasteiger partial charge in [-0.25, -0.2) is 0 Å². The summed E-state index contributed by atoms with van der Waals surface area (Å²) in [6.45, 7) is 0.262. The molecule has 0 unspecified atom stereocenters. The van der Waals surface area contributed by atoms with Crippen molar-refractivity contribution in [3.63, 3.8) is 0 Å². The molecule has 104 valence electrons. The lowest BCUT2D eigenvalue weighted by Crippen LogP contribution is -2.39. The first-order valence-corrected chi connectivity index (χ1v) is 5.58. The molecule has 2 rings (SSSR count). The number of alkyl halides is 3. The third-order valence-corrected chi connectivity index (χ3v) is 2.68. The Balaban J connectivity index is 2.28. The fourth-order valence-corrected chi connectivity index (χ4v) is 1.85. The molecule has 0 bridgehead atoms. The molecule has 0 atom stereocenters. The van der Waals surface area contributed by atoms with Gasteiger partial charge in [0.2, 0.25) is 5.91 Å². The molecule has 4 nitrogen and oxygen atoms in total. The monoisotopic (exact) mass is 275 g/mol. The van der Waals surface area contributed by atoms with Gasteiger partial charge in [0.05, 0.1) is 19.3 Å². The van der Waals surface area contributed by atoms with E-state index in [1.54, 1.807) is 12.1 Å². The van der Waals surface area contributed by atoms with Gasteiger partial charge < -0.3 is 14.4 Å². The summed E-state index contributed by atoms with van der Waals surface area (Å²) in [5.74, 6) is -0.165. The molecule has 0 aliphatic carbocycles. The molecule has 1 amide bonds. The molecule has 1 aliphatic rings. The van der Waals surface area contributed by atoms with E-state index < -0.39 is 18.5 Å². The van der Waals surface area contributed by atoms with Gasteiger partial charge >= 0.3 is 6.18 Å². The van der Waals surface area contributed by atoms with Gasteiger partial charge in [-0.15, -0.1) is 0 Å². The molecule has 0 N–H and O–H groups in total. The molecule has 0 aromatic heterocycles. The molecular formula is C12H12F3NO3. The molecule has 0 saturated carbocycles. The maximum atomic E-state index is 12.3. The van der Waals surface area contributed by atoms with Crippen molar-refractivity contribution in [3.05, 3.63) is 18.2 Å². The summed E-state index contributed by atoms with van der Waals surface area (Å²) in [5, 5.41) is 0. The number of nitrogens with zero attached hydrogens (tertiary/aromatic N) is 1. The smallest absolute Gasteiger partial charge is 0.397 e. The van der Waals surface area contributed by atoms with Gasteiger partial charge in [-0.05, 0) is 12.1 Å². The van der Waals surface area contributed by atoms with E-state index >= 15 is 0 Å². The number of fused-ring (bicyclic) bond motifs is 1. The Morgan fingerprint density at radius 1 is 1.47 bits per heavy atom. The summed E-state index contributed by atoms with van der Waals surface area (Å²) in [4.78, 5) is 12.8. The Morgan fingerprint density at radius 2 is 2.21 bits per heavy atom. The molecule has 0 spiro atoms. The van der Waals surface area contributed by atoms with Crippen molar-refractivity contribution in [1.82, 2.24) is 0 Å². The SMILES string of the molecule is COc1ccc2c(c1)N(C(=O)CC(F)(F)F)CCO2. The van der Waals surface area contributed by atoms with Crippen molar-refractivity contribution in [2.24, 2.45) is 0 Å². The van der Waals surface area contributed by atoms with Crippen molar-refractivity contribution in [2.45, 2.75) is 12.6 Å². The van der Waals surface area contributed by atoms with Crippen LogP contribution in [0.5, 0.6) is 11.5 Å². The Bertz CT molecular complexity index is 488. The average molecular weight is 275 g/mol. The number of halogens is 3. The van der Waals surface area contributed by atoms with Crippen molar-refractivity contribution >= 4 is 11.6 Å². The lowest BCUT2D eigenvalue weighted by Gasteiger charge is -2.30. The fourth-order valence-electron chi connectivity index (χ4n) is 1.85. The summed E-state index contributed by atoms with van der Waals surface area (Å²) in [6.07, 6.45) is -6.00. The van der Waals surface area contributed by atoms with Crippen molar-refractivity contribution in [1.29, 1.82) is 0 Å². The quantitative estimate of drug-likeness (QED) is 0.831. The van der Waals surface area contributed by atoms with Crippen LogP contribution in [0.1, 0.15) is 6.42 Å². The van der Waals surface area contributed by atoms with E-state index in [9.17, 15) is 18.0 Å². The van der Waals surface area contributed by atoms with Crippen LogP contribution in [0, 0.1) is 0 Å². The molecule has 0 saturated heterocycles. The lowest BCUT2D eigenvalue weighted by molar-refractivity contribution is -0.152. The average Bonchev–Trinajstić information content (AvgIpc) is 2.35. The van der Waals surface area contributed by atoms with Gasteiger partial charge in [0, 0.05) is 6.07 Å². The van der Waals surface area contributed by atoms with Gasteiger partial charge in [-0.1, -0.05) is 0 Å². The van der Waals surface area contributed by atoms with Crippen LogP contribution in [0.25, 0.3) is 0 Å². The number of rotatable bonds is 2. The number of carbonyl (C=O) groups excluding carboxylic acids is 1. The van der Waals surface area contributed by atoms with Crippen LogP contribution in [0.3, 0.4) is 0 Å². The maximum absolute atomic E-state index is 12.3. The Kier molecular flexibility index (Phi) is 3.55. The minimum absolute atomic E-state index is 0.0923. The van der Waals surface area contributed by atoms with Crippen LogP contribution in [-0.2, 0) is 4.79 Å². The summed E-state index contributed by atoms with van der Waals surface area (Å²) in [5.41, 5.74) is 0.305. The predicted molar refractivity (Wildman–Crippen MR) is 61.5 cm³/mol. The first-order chi connectivity index (χ1) is 8.90. The van der Waals surface area contributed by atoms with E-state index in [1.807, 2.05) is 0 Å². The number of ether oxygens (including phenoxy) is 2. The van der Waals surface area contributed by atoms with E-state index in [1.165, 1.54) is 13.2 Å². The number of hydrogen-bond donors (Lipinski definition) is 0. The lowest BCUT2D eigenvalue weighted by atomic mass is 10.2. The Labute approximate surface area is 107 Å². The third-order valence-electron chi connectivity index (χ3n) is 2.68. The largest absolute Gasteiger partial charge is 0.497 e. The van der Waals surface area contributed by atoms with Crippen molar-refractivity contribution in [2.75, 3.05) is 25.2 Å². The summed E-state index contributed by atoms with van der Waals surface area (Å²) < 4.78 is 47.1. The minimum atomic E-state index is -4.52. The molecule has 1 aromatic carbocycles. The molecule has 0 radical (unpaired) electrons. The molecule has 1 aliphatic heterocycles. The summed E-state index contributed by atoms with van der Waals surface area (Å²) >= 11 is 0. The number of carbonyl (C=O) groups is 1. The zero-order valence-corrected chi connectivity index (χ0v) is 10.2. The fraction of sp³-hybridized carbons (Fsp3) is 0.417. The van der Waals surface area contributed by atoms with Gasteiger partial charge in [0.15, 0.2) is 0 Å². The Hall–Kier alpha value is -1.92. The molecule has 7 heteroatoms. The highest BCUT2D eigenvalue weighted by Gasteiger charge is 2.35. The first-order valence-electron chi connectivity index (χ1n) is 5.58. The normalized spacial score (nSPS) is 14.6. The highest BCUT2D eigenvalue weighted by atomic mass is 19.4. The second-order valence-corrected chi connectivity index (χ2v) is 4.02. The van der Waals surface area contributed by atoms with E-state index in [2.05, 4.69) is 0 Å². The topological polar surface area (TPSA) is 38.8 Å². The first kappa shape index (κ1) is 13.5. The maximum Gasteiger partial charge on any atom is 0.397 e. The van der Waals surface area contributed by atoms with E-state index in [0.717, 1.165) is 4.90 Å². The summed E-state index contributed by atoms with van der Waals surface area (Å²) in [7, 11) is 1.44. The number of benzene rings is 1. The van der Waals surface area contributed by atoms with Crippen LogP contribution < -0.4 is 14.4 Å².